The van der Waals surface area contributed by atoms with Crippen molar-refractivity contribution in [3.05, 3.63) is 72.8 Å². The second-order valence-corrected chi connectivity index (χ2v) is 9.21. The molecule has 0 saturated carbocycles. The number of rotatable bonds is 7. The zero-order chi connectivity index (χ0) is 26.2. The molecule has 0 radical (unpaired) electrons. The standard InChI is InChI=1S/C28H24FN7O2/c1-36(2)8-9-38-20-12-16(10-18(29)13-20)21-4-3-5-23-25(21)33-28(32-23)27-26-24(34-35-27)7-6-22(31-26)17-11-19(37)15-30-14-17/h3-7,10-15,37H,8-9H2,1-2H3,(H,32,33)(H,34,35). The predicted molar refractivity (Wildman–Crippen MR) is 143 cm³/mol. The summed E-state index contributed by atoms with van der Waals surface area (Å²) in [6, 6.07) is 15.7. The molecule has 0 aliphatic rings. The Kier molecular flexibility index (Phi) is 5.93. The average molecular weight is 510 g/mol. The number of aromatic hydroxyl groups is 1. The van der Waals surface area contributed by atoms with Crippen molar-refractivity contribution in [3.63, 3.8) is 0 Å². The number of halogens is 1. The molecule has 0 spiro atoms. The SMILES string of the molecule is CN(C)CCOc1cc(F)cc(-c2cccc3[nH]c(-c4n[nH]c5ccc(-c6cncc(O)c6)nc45)nc23)c1. The fraction of sp³-hybridized carbons (Fsp3) is 0.143. The zero-order valence-corrected chi connectivity index (χ0v) is 20.7. The number of aromatic amines is 2. The molecule has 6 rings (SSSR count). The van der Waals surface area contributed by atoms with E-state index in [-0.39, 0.29) is 11.6 Å². The Hall–Kier alpha value is -4.83. The third-order valence-electron chi connectivity index (χ3n) is 6.15. The quantitative estimate of drug-likeness (QED) is 0.277. The van der Waals surface area contributed by atoms with Crippen molar-refractivity contribution < 1.29 is 14.2 Å². The van der Waals surface area contributed by atoms with Gasteiger partial charge in [-0.15, -0.1) is 0 Å². The molecule has 0 fully saturated rings. The predicted octanol–water partition coefficient (Wildman–Crippen LogP) is 5.02. The van der Waals surface area contributed by atoms with Crippen molar-refractivity contribution in [2.75, 3.05) is 27.2 Å². The number of ether oxygens (including phenoxy) is 1. The number of imidazole rings is 1. The molecule has 10 heteroatoms. The molecule has 0 amide bonds. The van der Waals surface area contributed by atoms with Crippen LogP contribution in [-0.2, 0) is 0 Å². The number of para-hydroxylation sites is 1. The van der Waals surface area contributed by atoms with Gasteiger partial charge in [-0.2, -0.15) is 5.10 Å². The van der Waals surface area contributed by atoms with E-state index in [1.165, 1.54) is 18.3 Å². The molecule has 3 N–H and O–H groups in total. The second-order valence-electron chi connectivity index (χ2n) is 9.21. The fourth-order valence-electron chi connectivity index (χ4n) is 4.32. The maximum absolute atomic E-state index is 14.5. The van der Waals surface area contributed by atoms with Crippen molar-refractivity contribution in [2.24, 2.45) is 0 Å². The van der Waals surface area contributed by atoms with Crippen LogP contribution in [0, 0.1) is 5.82 Å². The lowest BCUT2D eigenvalue weighted by Crippen LogP contribution is -2.19. The molecule has 0 saturated heterocycles. The molecule has 0 aliphatic carbocycles. The highest BCUT2D eigenvalue weighted by molar-refractivity contribution is 5.96. The van der Waals surface area contributed by atoms with Crippen molar-refractivity contribution in [1.82, 2.24) is 35.0 Å². The highest BCUT2D eigenvalue weighted by Gasteiger charge is 2.17. The summed E-state index contributed by atoms with van der Waals surface area (Å²) in [6.07, 6.45) is 3.01. The van der Waals surface area contributed by atoms with Gasteiger partial charge in [-0.1, -0.05) is 12.1 Å². The minimum absolute atomic E-state index is 0.0604. The lowest BCUT2D eigenvalue weighted by molar-refractivity contribution is 0.260. The first kappa shape index (κ1) is 23.6. The third-order valence-corrected chi connectivity index (χ3v) is 6.15. The van der Waals surface area contributed by atoms with Gasteiger partial charge in [0.1, 0.15) is 29.4 Å². The van der Waals surface area contributed by atoms with E-state index >= 15 is 0 Å². The summed E-state index contributed by atoms with van der Waals surface area (Å²) in [6.45, 7) is 1.17. The Labute approximate surface area is 217 Å². The van der Waals surface area contributed by atoms with Gasteiger partial charge in [0, 0.05) is 29.9 Å². The molecule has 2 aromatic carbocycles. The number of nitrogens with one attached hydrogen (secondary N) is 2. The van der Waals surface area contributed by atoms with Crippen LogP contribution < -0.4 is 4.74 Å². The van der Waals surface area contributed by atoms with Crippen LogP contribution in [0.4, 0.5) is 4.39 Å². The highest BCUT2D eigenvalue weighted by atomic mass is 19.1. The maximum Gasteiger partial charge on any atom is 0.161 e. The summed E-state index contributed by atoms with van der Waals surface area (Å²) < 4.78 is 20.3. The number of hydrogen-bond acceptors (Lipinski definition) is 7. The molecule has 9 nitrogen and oxygen atoms in total. The van der Waals surface area contributed by atoms with Gasteiger partial charge in [0.2, 0.25) is 0 Å². The van der Waals surface area contributed by atoms with Crippen LogP contribution in [-0.4, -0.2) is 67.4 Å². The first-order chi connectivity index (χ1) is 18.4. The Morgan fingerprint density at radius 2 is 1.84 bits per heavy atom. The van der Waals surface area contributed by atoms with Gasteiger partial charge in [0.15, 0.2) is 11.5 Å². The van der Waals surface area contributed by atoms with Crippen LogP contribution in [0.5, 0.6) is 11.5 Å². The lowest BCUT2D eigenvalue weighted by Gasteiger charge is -2.12. The van der Waals surface area contributed by atoms with Gasteiger partial charge in [-0.05, 0) is 56.1 Å². The Balaban J connectivity index is 1.40. The number of H-pyrrole nitrogens is 2. The maximum atomic E-state index is 14.5. The van der Waals surface area contributed by atoms with E-state index in [1.54, 1.807) is 12.3 Å². The Bertz CT molecular complexity index is 1780. The summed E-state index contributed by atoms with van der Waals surface area (Å²) in [5, 5.41) is 17.3. The van der Waals surface area contributed by atoms with Crippen molar-refractivity contribution >= 4 is 22.1 Å². The highest BCUT2D eigenvalue weighted by Crippen LogP contribution is 2.33. The van der Waals surface area contributed by atoms with Gasteiger partial charge in [-0.25, -0.2) is 14.4 Å². The summed E-state index contributed by atoms with van der Waals surface area (Å²) in [7, 11) is 3.91. The summed E-state index contributed by atoms with van der Waals surface area (Å²) in [4.78, 5) is 19.0. The van der Waals surface area contributed by atoms with Crippen molar-refractivity contribution in [1.29, 1.82) is 0 Å². The van der Waals surface area contributed by atoms with Gasteiger partial charge >= 0.3 is 0 Å². The first-order valence-corrected chi connectivity index (χ1v) is 12.0. The number of aromatic nitrogens is 6. The van der Waals surface area contributed by atoms with Gasteiger partial charge in [0.05, 0.1) is 28.4 Å². The van der Waals surface area contributed by atoms with Gasteiger partial charge in [-0.3, -0.25) is 10.1 Å². The van der Waals surface area contributed by atoms with Crippen LogP contribution in [0.3, 0.4) is 0 Å². The Morgan fingerprint density at radius 3 is 2.68 bits per heavy atom. The molecule has 0 bridgehead atoms. The molecule has 0 unspecified atom stereocenters. The van der Waals surface area contributed by atoms with E-state index in [0.717, 1.165) is 23.1 Å². The van der Waals surface area contributed by atoms with Crippen LogP contribution >= 0.6 is 0 Å². The third kappa shape index (κ3) is 4.53. The molecule has 0 aliphatic heterocycles. The molecule has 6 aromatic rings. The normalized spacial score (nSPS) is 11.6. The smallest absolute Gasteiger partial charge is 0.161 e. The van der Waals surface area contributed by atoms with Crippen LogP contribution in [0.1, 0.15) is 0 Å². The first-order valence-electron chi connectivity index (χ1n) is 12.0. The van der Waals surface area contributed by atoms with E-state index in [4.69, 9.17) is 14.7 Å². The van der Waals surface area contributed by atoms with Gasteiger partial charge < -0.3 is 19.7 Å². The summed E-state index contributed by atoms with van der Waals surface area (Å²) in [5.74, 6) is 0.666. The minimum atomic E-state index is -0.383. The molecule has 4 aromatic heterocycles. The van der Waals surface area contributed by atoms with Crippen LogP contribution in [0.15, 0.2) is 67.0 Å². The average Bonchev–Trinajstić information content (AvgIpc) is 3.51. The monoisotopic (exact) mass is 509 g/mol. The van der Waals surface area contributed by atoms with E-state index in [9.17, 15) is 9.50 Å². The fourth-order valence-corrected chi connectivity index (χ4v) is 4.32. The van der Waals surface area contributed by atoms with Gasteiger partial charge in [0.25, 0.3) is 0 Å². The molecular weight excluding hydrogens is 485 g/mol. The molecule has 38 heavy (non-hydrogen) atoms. The van der Waals surface area contributed by atoms with Crippen LogP contribution in [0.2, 0.25) is 0 Å². The number of fused-ring (bicyclic) bond motifs is 2. The topological polar surface area (TPSA) is 116 Å². The molecule has 0 atom stereocenters. The van der Waals surface area contributed by atoms with E-state index in [2.05, 4.69) is 20.2 Å². The molecular formula is C28H24FN7O2. The number of pyridine rings is 2. The van der Waals surface area contributed by atoms with Crippen molar-refractivity contribution in [3.8, 4) is 45.4 Å². The zero-order valence-electron chi connectivity index (χ0n) is 20.7. The van der Waals surface area contributed by atoms with Crippen LogP contribution in [0.25, 0.3) is 56.0 Å². The summed E-state index contributed by atoms with van der Waals surface area (Å²) in [5.41, 5.74) is 6.11. The van der Waals surface area contributed by atoms with E-state index < -0.39 is 0 Å². The molecule has 4 heterocycles. The molecule has 190 valence electrons. The summed E-state index contributed by atoms with van der Waals surface area (Å²) >= 11 is 0. The second kappa shape index (κ2) is 9.56. The number of likely N-dealkylation sites (N-methyl/N-ethyl adjacent to an activating group) is 1. The Morgan fingerprint density at radius 1 is 0.947 bits per heavy atom. The number of hydrogen-bond donors (Lipinski definition) is 3. The lowest BCUT2D eigenvalue weighted by atomic mass is 10.0. The van der Waals surface area contributed by atoms with E-state index in [1.807, 2.05) is 55.4 Å². The van der Waals surface area contributed by atoms with E-state index in [0.29, 0.717) is 51.7 Å². The van der Waals surface area contributed by atoms with Crippen molar-refractivity contribution in [2.45, 2.75) is 0 Å². The number of benzene rings is 2. The minimum Gasteiger partial charge on any atom is -0.506 e. The largest absolute Gasteiger partial charge is 0.506 e. The number of nitrogens with zero attached hydrogens (tertiary/aromatic N) is 5.